The summed E-state index contributed by atoms with van der Waals surface area (Å²) in [6, 6.07) is 9.02. The highest BCUT2D eigenvalue weighted by Crippen LogP contribution is 2.28. The van der Waals surface area contributed by atoms with Crippen LogP contribution in [-0.4, -0.2) is 27.2 Å². The predicted molar refractivity (Wildman–Crippen MR) is 114 cm³/mol. The van der Waals surface area contributed by atoms with Crippen LogP contribution >= 0.6 is 0 Å². The Kier molecular flexibility index (Phi) is 5.11. The first-order valence-corrected chi connectivity index (χ1v) is 9.25. The lowest BCUT2D eigenvalue weighted by atomic mass is 10.1. The molecule has 154 valence electrons. The van der Waals surface area contributed by atoms with Crippen LogP contribution in [0.1, 0.15) is 16.7 Å². The molecular formula is C21H21N5O4. The maximum Gasteiger partial charge on any atom is 0.417 e. The van der Waals surface area contributed by atoms with Gasteiger partial charge >= 0.3 is 5.76 Å². The van der Waals surface area contributed by atoms with Crippen molar-refractivity contribution in [1.29, 1.82) is 0 Å². The molecule has 0 saturated heterocycles. The molecular weight excluding hydrogens is 386 g/mol. The van der Waals surface area contributed by atoms with Gasteiger partial charge in [0.25, 0.3) is 0 Å². The molecule has 30 heavy (non-hydrogen) atoms. The van der Waals surface area contributed by atoms with Gasteiger partial charge in [0.05, 0.1) is 19.2 Å². The molecule has 0 aliphatic rings. The van der Waals surface area contributed by atoms with Crippen LogP contribution in [0.15, 0.2) is 45.7 Å². The molecule has 2 aromatic heterocycles. The second kappa shape index (κ2) is 7.88. The Morgan fingerprint density at radius 1 is 1.17 bits per heavy atom. The molecule has 0 amide bonds. The van der Waals surface area contributed by atoms with Gasteiger partial charge in [-0.15, -0.1) is 0 Å². The number of ether oxygens (including phenoxy) is 1. The van der Waals surface area contributed by atoms with Gasteiger partial charge in [-0.25, -0.2) is 9.78 Å². The van der Waals surface area contributed by atoms with Crippen LogP contribution < -0.4 is 21.1 Å². The number of aromatic amines is 1. The number of aryl methyl sites for hydroxylation is 1. The molecule has 0 aliphatic heterocycles. The molecule has 0 atom stereocenters. The molecule has 0 bridgehead atoms. The summed E-state index contributed by atoms with van der Waals surface area (Å²) in [4.78, 5) is 22.7. The van der Waals surface area contributed by atoms with Gasteiger partial charge < -0.3 is 24.9 Å². The molecule has 0 saturated carbocycles. The van der Waals surface area contributed by atoms with Crippen molar-refractivity contribution in [3.05, 3.63) is 63.8 Å². The summed E-state index contributed by atoms with van der Waals surface area (Å²) in [5.74, 6) is 1.05. The summed E-state index contributed by atoms with van der Waals surface area (Å²) in [7, 11) is 1.63. The minimum Gasteiger partial charge on any atom is -0.496 e. The zero-order valence-corrected chi connectivity index (χ0v) is 16.7. The first kappa shape index (κ1) is 19.5. The number of hydrogen-bond donors (Lipinski definition) is 4. The van der Waals surface area contributed by atoms with Gasteiger partial charge in [-0.2, -0.15) is 4.98 Å². The van der Waals surface area contributed by atoms with E-state index >= 15 is 0 Å². The molecule has 2 heterocycles. The van der Waals surface area contributed by atoms with Crippen LogP contribution in [0.4, 0.5) is 23.1 Å². The summed E-state index contributed by atoms with van der Waals surface area (Å²) in [6.07, 6.45) is 1.55. The van der Waals surface area contributed by atoms with Crippen LogP contribution in [0.25, 0.3) is 11.1 Å². The lowest BCUT2D eigenvalue weighted by molar-refractivity contribution is 0.281. The average molecular weight is 407 g/mol. The Bertz CT molecular complexity index is 1280. The molecule has 0 unspecified atom stereocenters. The van der Waals surface area contributed by atoms with E-state index in [9.17, 15) is 9.90 Å². The number of fused-ring (bicyclic) bond motifs is 1. The summed E-state index contributed by atoms with van der Waals surface area (Å²) < 4.78 is 10.4. The smallest absolute Gasteiger partial charge is 0.417 e. The molecule has 4 aromatic rings. The van der Waals surface area contributed by atoms with E-state index in [2.05, 4.69) is 25.6 Å². The highest BCUT2D eigenvalue weighted by molar-refractivity contribution is 5.78. The number of aliphatic hydroxyl groups excluding tert-OH is 1. The first-order valence-electron chi connectivity index (χ1n) is 9.25. The van der Waals surface area contributed by atoms with Crippen LogP contribution in [0, 0.1) is 13.8 Å². The van der Waals surface area contributed by atoms with Crippen LogP contribution in [0.5, 0.6) is 5.75 Å². The van der Waals surface area contributed by atoms with Crippen molar-refractivity contribution >= 4 is 34.2 Å². The molecule has 2 aromatic carbocycles. The Morgan fingerprint density at radius 2 is 2.00 bits per heavy atom. The first-order chi connectivity index (χ1) is 14.5. The second-order valence-electron chi connectivity index (χ2n) is 6.82. The quantitative estimate of drug-likeness (QED) is 0.383. The van der Waals surface area contributed by atoms with Gasteiger partial charge in [-0.3, -0.25) is 4.98 Å². The van der Waals surface area contributed by atoms with Crippen molar-refractivity contribution < 1.29 is 14.3 Å². The molecule has 4 rings (SSSR count). The monoisotopic (exact) mass is 407 g/mol. The predicted octanol–water partition coefficient (Wildman–Crippen LogP) is 3.52. The van der Waals surface area contributed by atoms with Crippen molar-refractivity contribution in [2.45, 2.75) is 20.5 Å². The van der Waals surface area contributed by atoms with E-state index in [0.717, 1.165) is 22.6 Å². The highest BCUT2D eigenvalue weighted by atomic mass is 16.5. The van der Waals surface area contributed by atoms with E-state index in [1.165, 1.54) is 0 Å². The minimum absolute atomic E-state index is 0.231. The average Bonchev–Trinajstić information content (AvgIpc) is 3.10. The van der Waals surface area contributed by atoms with Gasteiger partial charge in [0.1, 0.15) is 11.6 Å². The number of nitrogens with zero attached hydrogens (tertiary/aromatic N) is 2. The number of rotatable bonds is 6. The van der Waals surface area contributed by atoms with Gasteiger partial charge in [-0.05, 0) is 49.2 Å². The maximum atomic E-state index is 11.4. The van der Waals surface area contributed by atoms with E-state index in [-0.39, 0.29) is 6.61 Å². The van der Waals surface area contributed by atoms with Gasteiger partial charge in [0.2, 0.25) is 5.95 Å². The lowest BCUT2D eigenvalue weighted by Crippen LogP contribution is -2.05. The maximum absolute atomic E-state index is 11.4. The number of oxazole rings is 1. The van der Waals surface area contributed by atoms with Crippen molar-refractivity contribution in [3.8, 4) is 5.75 Å². The number of H-pyrrole nitrogens is 1. The number of anilines is 4. The number of benzene rings is 2. The Balaban J connectivity index is 1.64. The summed E-state index contributed by atoms with van der Waals surface area (Å²) in [6.45, 7) is 3.77. The third-order valence-electron chi connectivity index (χ3n) is 4.81. The van der Waals surface area contributed by atoms with E-state index < -0.39 is 5.76 Å². The van der Waals surface area contributed by atoms with Crippen LogP contribution in [0.2, 0.25) is 0 Å². The third-order valence-corrected chi connectivity index (χ3v) is 4.81. The fraction of sp³-hybridized carbons (Fsp3) is 0.190. The standard InChI is InChI=1S/C21H21N5O4/c1-11-6-15(8-18(29-3)12(11)2)24-20-22-9-13(10-27)19(26-20)23-14-4-5-17-16(7-14)25-21(28)30-17/h4-9,27H,10H2,1-3H3,(H,25,28)(H2,22,23,24,26). The van der Waals surface area contributed by atoms with Crippen molar-refractivity contribution in [1.82, 2.24) is 15.0 Å². The molecule has 0 spiro atoms. The summed E-state index contributed by atoms with van der Waals surface area (Å²) in [5, 5.41) is 16.0. The number of hydrogen-bond acceptors (Lipinski definition) is 8. The Labute approximate surface area is 171 Å². The largest absolute Gasteiger partial charge is 0.496 e. The lowest BCUT2D eigenvalue weighted by Gasteiger charge is -2.14. The van der Waals surface area contributed by atoms with E-state index in [4.69, 9.17) is 9.15 Å². The summed E-state index contributed by atoms with van der Waals surface area (Å²) in [5.41, 5.74) is 5.15. The number of aliphatic hydroxyl groups is 1. The zero-order chi connectivity index (χ0) is 21.3. The van der Waals surface area contributed by atoms with Gasteiger partial charge in [0, 0.05) is 29.2 Å². The van der Waals surface area contributed by atoms with E-state index in [1.54, 1.807) is 31.5 Å². The minimum atomic E-state index is -0.518. The zero-order valence-electron chi connectivity index (χ0n) is 16.7. The Hall–Kier alpha value is -3.85. The van der Waals surface area contributed by atoms with Crippen molar-refractivity contribution in [2.75, 3.05) is 17.7 Å². The molecule has 4 N–H and O–H groups in total. The molecule has 0 aliphatic carbocycles. The number of nitrogens with one attached hydrogen (secondary N) is 3. The number of methoxy groups -OCH3 is 1. The fourth-order valence-corrected chi connectivity index (χ4v) is 3.10. The van der Waals surface area contributed by atoms with Crippen LogP contribution in [0.3, 0.4) is 0 Å². The van der Waals surface area contributed by atoms with Crippen molar-refractivity contribution in [3.63, 3.8) is 0 Å². The van der Waals surface area contributed by atoms with Gasteiger partial charge in [0.15, 0.2) is 5.58 Å². The highest BCUT2D eigenvalue weighted by Gasteiger charge is 2.11. The molecule has 9 heteroatoms. The van der Waals surface area contributed by atoms with Gasteiger partial charge in [-0.1, -0.05) is 0 Å². The SMILES string of the molecule is COc1cc(Nc2ncc(CO)c(Nc3ccc4oc(=O)[nH]c4c3)n2)cc(C)c1C. The van der Waals surface area contributed by atoms with E-state index in [1.807, 2.05) is 26.0 Å². The summed E-state index contributed by atoms with van der Waals surface area (Å²) >= 11 is 0. The molecule has 9 nitrogen and oxygen atoms in total. The van der Waals surface area contributed by atoms with E-state index in [0.29, 0.717) is 34.1 Å². The van der Waals surface area contributed by atoms with Crippen molar-refractivity contribution in [2.24, 2.45) is 0 Å². The fourth-order valence-electron chi connectivity index (χ4n) is 3.10. The normalized spacial score (nSPS) is 10.9. The third kappa shape index (κ3) is 3.83. The van der Waals surface area contributed by atoms with Crippen LogP contribution in [-0.2, 0) is 6.61 Å². The Morgan fingerprint density at radius 3 is 2.77 bits per heavy atom. The number of aromatic nitrogens is 3. The molecule has 0 radical (unpaired) electrons. The second-order valence-corrected chi connectivity index (χ2v) is 6.82. The molecule has 0 fully saturated rings. The topological polar surface area (TPSA) is 125 Å².